The number of benzene rings is 1. The van der Waals surface area contributed by atoms with Gasteiger partial charge in [0.25, 0.3) is 0 Å². The molecule has 20 heavy (non-hydrogen) atoms. The molecule has 1 aromatic rings. The lowest BCUT2D eigenvalue weighted by Crippen LogP contribution is -2.41. The topological polar surface area (TPSA) is 49.8 Å². The van der Waals surface area contributed by atoms with Gasteiger partial charge >= 0.3 is 0 Å². The summed E-state index contributed by atoms with van der Waals surface area (Å²) in [4.78, 5) is 13.8. The molecular formula is C15H20FNO3. The van der Waals surface area contributed by atoms with Crippen LogP contribution >= 0.6 is 0 Å². The molecule has 0 aromatic heterocycles. The molecule has 1 aliphatic heterocycles. The number of likely N-dealkylation sites (tertiary alicyclic amines) is 1. The van der Waals surface area contributed by atoms with Crippen LogP contribution < -0.4 is 4.74 Å². The molecule has 0 radical (unpaired) electrons. The minimum absolute atomic E-state index is 0.000473. The average Bonchev–Trinajstić information content (AvgIpc) is 2.49. The standard InChI is InChI=1S/C15H20FNO3/c16-13-5-1-2-6-14(13)20-9-7-15(19)17-8-3-4-12(10-17)11-18/h1-2,5-6,12,18H,3-4,7-11H2. The minimum atomic E-state index is -0.418. The first-order chi connectivity index (χ1) is 9.70. The zero-order valence-electron chi connectivity index (χ0n) is 11.4. The Morgan fingerprint density at radius 3 is 3.00 bits per heavy atom. The molecule has 1 saturated heterocycles. The van der Waals surface area contributed by atoms with E-state index in [0.29, 0.717) is 6.54 Å². The molecule has 0 spiro atoms. The maximum absolute atomic E-state index is 13.3. The molecule has 0 aliphatic carbocycles. The van der Waals surface area contributed by atoms with Crippen molar-refractivity contribution in [2.75, 3.05) is 26.3 Å². The maximum atomic E-state index is 13.3. The summed E-state index contributed by atoms with van der Waals surface area (Å²) in [6, 6.07) is 6.16. The Hall–Kier alpha value is -1.62. The molecule has 4 nitrogen and oxygen atoms in total. The number of aliphatic hydroxyl groups excluding tert-OH is 1. The number of para-hydroxylation sites is 1. The number of ether oxygens (including phenoxy) is 1. The summed E-state index contributed by atoms with van der Waals surface area (Å²) in [6.45, 7) is 1.62. The van der Waals surface area contributed by atoms with Gasteiger partial charge in [-0.25, -0.2) is 4.39 Å². The van der Waals surface area contributed by atoms with Crippen molar-refractivity contribution in [3.63, 3.8) is 0 Å². The lowest BCUT2D eigenvalue weighted by molar-refractivity contribution is -0.133. The molecule has 1 heterocycles. The second-order valence-electron chi connectivity index (χ2n) is 5.06. The molecule has 1 aliphatic rings. The van der Waals surface area contributed by atoms with Gasteiger partial charge in [0.15, 0.2) is 11.6 Å². The molecule has 5 heteroatoms. The molecule has 110 valence electrons. The van der Waals surface area contributed by atoms with Crippen molar-refractivity contribution >= 4 is 5.91 Å². The molecule has 1 fully saturated rings. The molecule has 1 N–H and O–H groups in total. The van der Waals surface area contributed by atoms with Crippen LogP contribution in [-0.4, -0.2) is 42.2 Å². The number of rotatable bonds is 5. The Bertz CT molecular complexity index is 452. The van der Waals surface area contributed by atoms with E-state index >= 15 is 0 Å². The quantitative estimate of drug-likeness (QED) is 0.895. The van der Waals surface area contributed by atoms with E-state index in [0.717, 1.165) is 19.4 Å². The van der Waals surface area contributed by atoms with Gasteiger partial charge < -0.3 is 14.7 Å². The van der Waals surface area contributed by atoms with E-state index in [4.69, 9.17) is 9.84 Å². The summed E-state index contributed by atoms with van der Waals surface area (Å²) < 4.78 is 18.6. The number of carbonyl (C=O) groups is 1. The third-order valence-electron chi connectivity index (χ3n) is 3.54. The van der Waals surface area contributed by atoms with Crippen LogP contribution in [0.4, 0.5) is 4.39 Å². The zero-order valence-corrected chi connectivity index (χ0v) is 11.4. The predicted octanol–water partition coefficient (Wildman–Crippen LogP) is 1.83. The lowest BCUT2D eigenvalue weighted by atomic mass is 9.99. The van der Waals surface area contributed by atoms with E-state index in [1.807, 2.05) is 0 Å². The average molecular weight is 281 g/mol. The first-order valence-electron chi connectivity index (χ1n) is 6.96. The molecule has 0 saturated carbocycles. The van der Waals surface area contributed by atoms with E-state index in [2.05, 4.69) is 0 Å². The van der Waals surface area contributed by atoms with Gasteiger partial charge in [-0.1, -0.05) is 12.1 Å². The van der Waals surface area contributed by atoms with Gasteiger partial charge in [-0.15, -0.1) is 0 Å². The van der Waals surface area contributed by atoms with Crippen molar-refractivity contribution in [2.45, 2.75) is 19.3 Å². The fourth-order valence-electron chi connectivity index (χ4n) is 2.41. The molecule has 1 unspecified atom stereocenters. The van der Waals surface area contributed by atoms with Crippen LogP contribution in [0.5, 0.6) is 5.75 Å². The van der Waals surface area contributed by atoms with Crippen LogP contribution in [0.1, 0.15) is 19.3 Å². The van der Waals surface area contributed by atoms with Crippen LogP contribution in [0.15, 0.2) is 24.3 Å². The SMILES string of the molecule is O=C(CCOc1ccccc1F)N1CCCC(CO)C1. The number of hydrogen-bond acceptors (Lipinski definition) is 3. The highest BCUT2D eigenvalue weighted by atomic mass is 19.1. The third-order valence-corrected chi connectivity index (χ3v) is 3.54. The van der Waals surface area contributed by atoms with Crippen LogP contribution in [0, 0.1) is 11.7 Å². The van der Waals surface area contributed by atoms with Gasteiger partial charge in [0.1, 0.15) is 0 Å². The van der Waals surface area contributed by atoms with E-state index < -0.39 is 5.82 Å². The molecule has 1 amide bonds. The number of amides is 1. The lowest BCUT2D eigenvalue weighted by Gasteiger charge is -2.31. The van der Waals surface area contributed by atoms with E-state index in [1.165, 1.54) is 6.07 Å². The molecule has 2 rings (SSSR count). The van der Waals surface area contributed by atoms with Crippen molar-refractivity contribution in [1.82, 2.24) is 4.90 Å². The highest BCUT2D eigenvalue weighted by molar-refractivity contribution is 5.76. The second-order valence-corrected chi connectivity index (χ2v) is 5.06. The number of nitrogens with zero attached hydrogens (tertiary/aromatic N) is 1. The first kappa shape index (κ1) is 14.8. The normalized spacial score (nSPS) is 18.9. The summed E-state index contributed by atoms with van der Waals surface area (Å²) in [7, 11) is 0. The Labute approximate surface area is 118 Å². The van der Waals surface area contributed by atoms with Gasteiger partial charge in [0, 0.05) is 19.7 Å². The van der Waals surface area contributed by atoms with Crippen molar-refractivity contribution < 1.29 is 19.0 Å². The maximum Gasteiger partial charge on any atom is 0.226 e. The zero-order chi connectivity index (χ0) is 14.4. The summed E-state index contributed by atoms with van der Waals surface area (Å²) in [5, 5.41) is 9.14. The Balaban J connectivity index is 1.76. The summed E-state index contributed by atoms with van der Waals surface area (Å²) in [6.07, 6.45) is 2.11. The highest BCUT2D eigenvalue weighted by Gasteiger charge is 2.22. The Morgan fingerprint density at radius 1 is 1.45 bits per heavy atom. The number of carbonyl (C=O) groups excluding carboxylic acids is 1. The summed E-state index contributed by atoms with van der Waals surface area (Å²) in [5.41, 5.74) is 0. The molecule has 0 bridgehead atoms. The number of hydrogen-bond donors (Lipinski definition) is 1. The van der Waals surface area contributed by atoms with Crippen molar-refractivity contribution in [3.05, 3.63) is 30.1 Å². The van der Waals surface area contributed by atoms with Crippen LogP contribution in [0.25, 0.3) is 0 Å². The van der Waals surface area contributed by atoms with Gasteiger partial charge in [0.05, 0.1) is 13.0 Å². The fraction of sp³-hybridized carbons (Fsp3) is 0.533. The third kappa shape index (κ3) is 3.93. The Kier molecular flexibility index (Phi) is 5.35. The molecular weight excluding hydrogens is 261 g/mol. The fourth-order valence-corrected chi connectivity index (χ4v) is 2.41. The van der Waals surface area contributed by atoms with Gasteiger partial charge in [0.2, 0.25) is 5.91 Å². The number of aliphatic hydroxyl groups is 1. The van der Waals surface area contributed by atoms with E-state index in [9.17, 15) is 9.18 Å². The van der Waals surface area contributed by atoms with Gasteiger partial charge in [-0.05, 0) is 30.9 Å². The summed E-state index contributed by atoms with van der Waals surface area (Å²) >= 11 is 0. The first-order valence-corrected chi connectivity index (χ1v) is 6.96. The monoisotopic (exact) mass is 281 g/mol. The Morgan fingerprint density at radius 2 is 2.25 bits per heavy atom. The highest BCUT2D eigenvalue weighted by Crippen LogP contribution is 2.18. The van der Waals surface area contributed by atoms with Crippen molar-refractivity contribution in [2.24, 2.45) is 5.92 Å². The largest absolute Gasteiger partial charge is 0.490 e. The van der Waals surface area contributed by atoms with Crippen molar-refractivity contribution in [3.8, 4) is 5.75 Å². The van der Waals surface area contributed by atoms with Crippen LogP contribution in [0.2, 0.25) is 0 Å². The summed E-state index contributed by atoms with van der Waals surface area (Å²) in [5.74, 6) is -0.0647. The van der Waals surface area contributed by atoms with Crippen LogP contribution in [0.3, 0.4) is 0 Å². The van der Waals surface area contributed by atoms with Gasteiger partial charge in [-0.2, -0.15) is 0 Å². The number of halogens is 1. The predicted molar refractivity (Wildman–Crippen MR) is 72.9 cm³/mol. The molecule has 1 aromatic carbocycles. The van der Waals surface area contributed by atoms with Crippen LogP contribution in [-0.2, 0) is 4.79 Å². The van der Waals surface area contributed by atoms with Crippen molar-refractivity contribution in [1.29, 1.82) is 0 Å². The van der Waals surface area contributed by atoms with Gasteiger partial charge in [-0.3, -0.25) is 4.79 Å². The van der Waals surface area contributed by atoms with E-state index in [-0.39, 0.29) is 37.2 Å². The second kappa shape index (κ2) is 7.24. The molecule has 1 atom stereocenters. The van der Waals surface area contributed by atoms with E-state index in [1.54, 1.807) is 23.1 Å². The number of piperidine rings is 1. The smallest absolute Gasteiger partial charge is 0.226 e. The minimum Gasteiger partial charge on any atom is -0.490 e.